The van der Waals surface area contributed by atoms with E-state index in [0.29, 0.717) is 6.61 Å². The predicted molar refractivity (Wildman–Crippen MR) is 88.2 cm³/mol. The first-order valence-corrected chi connectivity index (χ1v) is 8.20. The summed E-state index contributed by atoms with van der Waals surface area (Å²) in [6.45, 7) is 5.34. The lowest BCUT2D eigenvalue weighted by atomic mass is 10.2. The Hall–Kier alpha value is -1.55. The Morgan fingerprint density at radius 1 is 1.14 bits per heavy atom. The summed E-state index contributed by atoms with van der Waals surface area (Å²) in [5.74, 6) is 1.70. The van der Waals surface area contributed by atoms with Crippen LogP contribution in [0.1, 0.15) is 30.0 Å². The van der Waals surface area contributed by atoms with E-state index in [0.717, 1.165) is 46.5 Å². The number of halogens is 1. The van der Waals surface area contributed by atoms with Gasteiger partial charge in [-0.25, -0.2) is 0 Å². The number of rotatable bonds is 7. The van der Waals surface area contributed by atoms with Gasteiger partial charge in [-0.05, 0) is 31.0 Å². The monoisotopic (exact) mass is 349 g/mol. The maximum absolute atomic E-state index is 5.94. The van der Waals surface area contributed by atoms with Crippen molar-refractivity contribution >= 4 is 15.9 Å². The van der Waals surface area contributed by atoms with E-state index in [1.807, 2.05) is 37.5 Å². The van der Waals surface area contributed by atoms with E-state index in [1.165, 1.54) is 0 Å². The van der Waals surface area contributed by atoms with Gasteiger partial charge in [0.15, 0.2) is 0 Å². The summed E-state index contributed by atoms with van der Waals surface area (Å²) in [6.07, 6.45) is 4.66. The minimum absolute atomic E-state index is 0.506. The third-order valence-electron chi connectivity index (χ3n) is 2.98. The Bertz CT molecular complexity index is 587. The van der Waals surface area contributed by atoms with Crippen molar-refractivity contribution in [3.05, 3.63) is 53.3 Å². The lowest BCUT2D eigenvalue weighted by Crippen LogP contribution is -2.00. The van der Waals surface area contributed by atoms with Gasteiger partial charge in [0.25, 0.3) is 0 Å². The molecule has 2 aromatic rings. The van der Waals surface area contributed by atoms with Gasteiger partial charge < -0.3 is 9.47 Å². The number of aryl methyl sites for hydroxylation is 1. The normalized spacial score (nSPS) is 10.4. The molecule has 0 aliphatic heterocycles. The standard InChI is InChI=1S/C17H20BrNO2/c1-3-6-20-16-5-4-15(9-18)17(8-16)21-12-14-7-13(2)10-19-11-14/h4-5,7-8,10-11H,3,6,9,12H2,1-2H3. The Morgan fingerprint density at radius 2 is 2.00 bits per heavy atom. The number of benzene rings is 1. The van der Waals surface area contributed by atoms with Crippen LogP contribution in [0.5, 0.6) is 11.5 Å². The fraction of sp³-hybridized carbons (Fsp3) is 0.353. The highest BCUT2D eigenvalue weighted by Crippen LogP contribution is 2.27. The quantitative estimate of drug-likeness (QED) is 0.681. The number of pyridine rings is 1. The van der Waals surface area contributed by atoms with Crippen molar-refractivity contribution in [3.63, 3.8) is 0 Å². The van der Waals surface area contributed by atoms with Crippen LogP contribution in [0.25, 0.3) is 0 Å². The lowest BCUT2D eigenvalue weighted by molar-refractivity contribution is 0.292. The van der Waals surface area contributed by atoms with Gasteiger partial charge in [0.1, 0.15) is 18.1 Å². The van der Waals surface area contributed by atoms with Crippen LogP contribution in [0, 0.1) is 6.92 Å². The molecule has 0 atom stereocenters. The van der Waals surface area contributed by atoms with Gasteiger partial charge in [-0.1, -0.05) is 28.9 Å². The summed E-state index contributed by atoms with van der Waals surface area (Å²) in [5.41, 5.74) is 3.31. The molecule has 0 aliphatic carbocycles. The molecule has 0 bridgehead atoms. The van der Waals surface area contributed by atoms with Gasteiger partial charge in [-0.3, -0.25) is 4.98 Å². The molecular weight excluding hydrogens is 330 g/mol. The minimum Gasteiger partial charge on any atom is -0.493 e. The maximum atomic E-state index is 5.94. The fourth-order valence-corrected chi connectivity index (χ4v) is 2.41. The second-order valence-electron chi connectivity index (χ2n) is 4.91. The average Bonchev–Trinajstić information content (AvgIpc) is 2.51. The number of nitrogens with zero attached hydrogens (tertiary/aromatic N) is 1. The van der Waals surface area contributed by atoms with Crippen molar-refractivity contribution in [2.45, 2.75) is 32.2 Å². The number of ether oxygens (including phenoxy) is 2. The van der Waals surface area contributed by atoms with Crippen LogP contribution in [0.3, 0.4) is 0 Å². The zero-order valence-corrected chi connectivity index (χ0v) is 14.0. The predicted octanol–water partition coefficient (Wildman–Crippen LogP) is 4.65. The molecule has 21 heavy (non-hydrogen) atoms. The number of hydrogen-bond acceptors (Lipinski definition) is 3. The van der Waals surface area contributed by atoms with Crippen LogP contribution >= 0.6 is 15.9 Å². The van der Waals surface area contributed by atoms with Crippen molar-refractivity contribution in [1.82, 2.24) is 4.98 Å². The van der Waals surface area contributed by atoms with Gasteiger partial charge in [-0.2, -0.15) is 0 Å². The smallest absolute Gasteiger partial charge is 0.127 e. The van der Waals surface area contributed by atoms with Crippen molar-refractivity contribution in [3.8, 4) is 11.5 Å². The summed E-state index contributed by atoms with van der Waals surface area (Å²) < 4.78 is 11.6. The lowest BCUT2D eigenvalue weighted by Gasteiger charge is -2.13. The molecule has 0 fully saturated rings. The van der Waals surface area contributed by atoms with Crippen LogP contribution in [-0.4, -0.2) is 11.6 Å². The molecule has 112 valence electrons. The molecular formula is C17H20BrNO2. The molecule has 0 aliphatic rings. The first kappa shape index (κ1) is 15.8. The largest absolute Gasteiger partial charge is 0.493 e. The highest BCUT2D eigenvalue weighted by Gasteiger charge is 2.06. The van der Waals surface area contributed by atoms with Gasteiger partial charge >= 0.3 is 0 Å². The highest BCUT2D eigenvalue weighted by molar-refractivity contribution is 9.08. The molecule has 0 radical (unpaired) electrons. The van der Waals surface area contributed by atoms with Crippen molar-refractivity contribution in [2.24, 2.45) is 0 Å². The first-order chi connectivity index (χ1) is 10.2. The molecule has 0 saturated carbocycles. The Kier molecular flexibility index (Phi) is 6.05. The third kappa shape index (κ3) is 4.74. The zero-order valence-electron chi connectivity index (χ0n) is 12.4. The highest BCUT2D eigenvalue weighted by atomic mass is 79.9. The van der Waals surface area contributed by atoms with E-state index >= 15 is 0 Å². The summed E-state index contributed by atoms with van der Waals surface area (Å²) in [4.78, 5) is 4.18. The van der Waals surface area contributed by atoms with Crippen LogP contribution in [-0.2, 0) is 11.9 Å². The van der Waals surface area contributed by atoms with Gasteiger partial charge in [0.05, 0.1) is 6.61 Å². The maximum Gasteiger partial charge on any atom is 0.127 e. The summed E-state index contributed by atoms with van der Waals surface area (Å²) in [7, 11) is 0. The minimum atomic E-state index is 0.506. The second kappa shape index (κ2) is 8.03. The molecule has 1 aromatic heterocycles. The summed E-state index contributed by atoms with van der Waals surface area (Å²) in [6, 6.07) is 8.05. The first-order valence-electron chi connectivity index (χ1n) is 7.08. The summed E-state index contributed by atoms with van der Waals surface area (Å²) >= 11 is 3.49. The van der Waals surface area contributed by atoms with E-state index in [-0.39, 0.29) is 0 Å². The van der Waals surface area contributed by atoms with Gasteiger partial charge in [0, 0.05) is 34.9 Å². The number of hydrogen-bond donors (Lipinski definition) is 0. The van der Waals surface area contributed by atoms with Crippen molar-refractivity contribution < 1.29 is 9.47 Å². The van der Waals surface area contributed by atoms with Gasteiger partial charge in [0.2, 0.25) is 0 Å². The molecule has 0 unspecified atom stereocenters. The molecule has 4 heteroatoms. The summed E-state index contributed by atoms with van der Waals surface area (Å²) in [5, 5.41) is 0.752. The average molecular weight is 350 g/mol. The molecule has 2 rings (SSSR count). The molecule has 0 saturated heterocycles. The van der Waals surface area contributed by atoms with E-state index in [2.05, 4.69) is 33.9 Å². The van der Waals surface area contributed by atoms with Crippen LogP contribution in [0.2, 0.25) is 0 Å². The molecule has 1 heterocycles. The molecule has 0 spiro atoms. The van der Waals surface area contributed by atoms with Gasteiger partial charge in [-0.15, -0.1) is 0 Å². The topological polar surface area (TPSA) is 31.4 Å². The second-order valence-corrected chi connectivity index (χ2v) is 5.47. The van der Waals surface area contributed by atoms with Crippen LogP contribution in [0.15, 0.2) is 36.7 Å². The third-order valence-corrected chi connectivity index (χ3v) is 3.59. The SMILES string of the molecule is CCCOc1ccc(CBr)c(OCc2cncc(C)c2)c1. The van der Waals surface area contributed by atoms with Crippen molar-refractivity contribution in [2.75, 3.05) is 6.61 Å². The Morgan fingerprint density at radius 3 is 2.71 bits per heavy atom. The number of aromatic nitrogens is 1. The van der Waals surface area contributed by atoms with E-state index in [9.17, 15) is 0 Å². The molecule has 3 nitrogen and oxygen atoms in total. The zero-order chi connectivity index (χ0) is 15.1. The van der Waals surface area contributed by atoms with Crippen LogP contribution < -0.4 is 9.47 Å². The van der Waals surface area contributed by atoms with Crippen molar-refractivity contribution in [1.29, 1.82) is 0 Å². The Labute approximate surface area is 134 Å². The fourth-order valence-electron chi connectivity index (χ4n) is 1.95. The molecule has 0 N–H and O–H groups in total. The van der Waals surface area contributed by atoms with E-state index < -0.39 is 0 Å². The van der Waals surface area contributed by atoms with E-state index in [1.54, 1.807) is 0 Å². The Balaban J connectivity index is 2.09. The number of alkyl halides is 1. The van der Waals surface area contributed by atoms with E-state index in [4.69, 9.17) is 9.47 Å². The molecule has 1 aromatic carbocycles. The van der Waals surface area contributed by atoms with Crippen LogP contribution in [0.4, 0.5) is 0 Å². The molecule has 0 amide bonds.